The molecule has 0 bridgehead atoms. The Morgan fingerprint density at radius 1 is 0.758 bits per heavy atom. The first-order chi connectivity index (χ1) is 15.5. The van der Waals surface area contributed by atoms with Gasteiger partial charge >= 0.3 is 6.18 Å². The van der Waals surface area contributed by atoms with Crippen molar-refractivity contribution in [1.29, 1.82) is 0 Å². The molecule has 0 radical (unpaired) electrons. The molecular formula is C26H23F3N2O2. The molecule has 3 aromatic rings. The van der Waals surface area contributed by atoms with E-state index in [1.807, 2.05) is 19.1 Å². The van der Waals surface area contributed by atoms with Gasteiger partial charge in [-0.15, -0.1) is 0 Å². The molecule has 3 rings (SSSR count). The number of hydrogen-bond acceptors (Lipinski definition) is 2. The minimum Gasteiger partial charge on any atom is -0.322 e. The summed E-state index contributed by atoms with van der Waals surface area (Å²) in [5.41, 5.74) is 2.49. The number of alkyl halides is 3. The van der Waals surface area contributed by atoms with Crippen LogP contribution in [0.5, 0.6) is 0 Å². The fourth-order valence-corrected chi connectivity index (χ4v) is 3.45. The van der Waals surface area contributed by atoms with Gasteiger partial charge in [-0.3, -0.25) is 9.59 Å². The molecule has 0 heterocycles. The van der Waals surface area contributed by atoms with Gasteiger partial charge in [-0.25, -0.2) is 0 Å². The third kappa shape index (κ3) is 5.49. The normalized spacial score (nSPS) is 11.1. The quantitative estimate of drug-likeness (QED) is 0.453. The third-order valence-electron chi connectivity index (χ3n) is 5.23. The number of benzene rings is 3. The summed E-state index contributed by atoms with van der Waals surface area (Å²) in [6, 6.07) is 16.3. The van der Waals surface area contributed by atoms with E-state index in [4.69, 9.17) is 0 Å². The number of rotatable bonds is 5. The van der Waals surface area contributed by atoms with Gasteiger partial charge in [-0.1, -0.05) is 30.8 Å². The molecule has 0 spiro atoms. The highest BCUT2D eigenvalue weighted by Gasteiger charge is 2.33. The van der Waals surface area contributed by atoms with Crippen LogP contribution in [0.15, 0.2) is 67.2 Å². The Hall–Kier alpha value is -3.87. The van der Waals surface area contributed by atoms with Crippen LogP contribution in [0.1, 0.15) is 43.0 Å². The van der Waals surface area contributed by atoms with E-state index in [1.165, 1.54) is 18.2 Å². The molecule has 0 aliphatic carbocycles. The lowest BCUT2D eigenvalue weighted by molar-refractivity contribution is -0.0686. The van der Waals surface area contributed by atoms with Crippen LogP contribution in [0.2, 0.25) is 0 Å². The summed E-state index contributed by atoms with van der Waals surface area (Å²) >= 11 is 0. The molecule has 7 heteroatoms. The number of aryl methyl sites for hydroxylation is 3. The van der Waals surface area contributed by atoms with Crippen molar-refractivity contribution in [3.05, 3.63) is 101 Å². The molecule has 0 aliphatic rings. The average Bonchev–Trinajstić information content (AvgIpc) is 2.75. The van der Waals surface area contributed by atoms with Crippen molar-refractivity contribution in [2.45, 2.75) is 26.9 Å². The SMILES string of the molecule is C=C(c1cc(C)c(NC(=O)c2cccc(NC(=O)c3ccccc3C)c2)c(C)c1)C(F)(F)F. The second-order valence-corrected chi connectivity index (χ2v) is 7.77. The molecule has 170 valence electrons. The molecule has 0 saturated heterocycles. The van der Waals surface area contributed by atoms with Gasteiger partial charge in [-0.2, -0.15) is 13.2 Å². The molecule has 3 aromatic carbocycles. The van der Waals surface area contributed by atoms with Crippen molar-refractivity contribution >= 4 is 28.8 Å². The van der Waals surface area contributed by atoms with Gasteiger partial charge in [0.15, 0.2) is 0 Å². The molecule has 0 fully saturated rings. The van der Waals surface area contributed by atoms with E-state index >= 15 is 0 Å². The fraction of sp³-hybridized carbons (Fsp3) is 0.154. The number of halogens is 3. The summed E-state index contributed by atoms with van der Waals surface area (Å²) in [5.74, 6) is -0.742. The highest BCUT2D eigenvalue weighted by Crippen LogP contribution is 2.35. The van der Waals surface area contributed by atoms with Gasteiger partial charge in [0.2, 0.25) is 0 Å². The highest BCUT2D eigenvalue weighted by atomic mass is 19.4. The van der Waals surface area contributed by atoms with E-state index in [9.17, 15) is 22.8 Å². The summed E-state index contributed by atoms with van der Waals surface area (Å²) in [6.07, 6.45) is -4.53. The van der Waals surface area contributed by atoms with E-state index in [1.54, 1.807) is 44.2 Å². The molecule has 0 aliphatic heterocycles. The zero-order valence-electron chi connectivity index (χ0n) is 18.4. The fourth-order valence-electron chi connectivity index (χ4n) is 3.45. The lowest BCUT2D eigenvalue weighted by Crippen LogP contribution is -2.16. The summed E-state index contributed by atoms with van der Waals surface area (Å²) in [7, 11) is 0. The Morgan fingerprint density at radius 2 is 1.39 bits per heavy atom. The maximum Gasteiger partial charge on any atom is 0.416 e. The van der Waals surface area contributed by atoms with E-state index in [-0.39, 0.29) is 11.5 Å². The second-order valence-electron chi connectivity index (χ2n) is 7.77. The number of hydrogen-bond donors (Lipinski definition) is 2. The molecule has 2 N–H and O–H groups in total. The van der Waals surface area contributed by atoms with E-state index < -0.39 is 17.7 Å². The first kappa shape index (κ1) is 23.8. The zero-order valence-corrected chi connectivity index (χ0v) is 18.4. The molecular weight excluding hydrogens is 429 g/mol. The Morgan fingerprint density at radius 3 is 2.00 bits per heavy atom. The first-order valence-corrected chi connectivity index (χ1v) is 10.1. The maximum atomic E-state index is 13.0. The van der Waals surface area contributed by atoms with Gasteiger partial charge in [0.25, 0.3) is 11.8 Å². The maximum absolute atomic E-state index is 13.0. The summed E-state index contributed by atoms with van der Waals surface area (Å²) < 4.78 is 39.0. The Bertz CT molecular complexity index is 1220. The van der Waals surface area contributed by atoms with Gasteiger partial charge in [0.1, 0.15) is 0 Å². The predicted octanol–water partition coefficient (Wildman–Crippen LogP) is 6.69. The average molecular weight is 452 g/mol. The number of carbonyl (C=O) groups is 2. The van der Waals surface area contributed by atoms with Crippen molar-refractivity contribution in [2.75, 3.05) is 10.6 Å². The van der Waals surface area contributed by atoms with Crippen LogP contribution in [0.4, 0.5) is 24.5 Å². The van der Waals surface area contributed by atoms with Crippen LogP contribution < -0.4 is 10.6 Å². The van der Waals surface area contributed by atoms with Gasteiger partial charge < -0.3 is 10.6 Å². The number of carbonyl (C=O) groups excluding carboxylic acids is 2. The van der Waals surface area contributed by atoms with E-state index in [0.717, 1.165) is 5.56 Å². The monoisotopic (exact) mass is 452 g/mol. The Balaban J connectivity index is 1.79. The second kappa shape index (κ2) is 9.32. The minimum atomic E-state index is -4.53. The van der Waals surface area contributed by atoms with Gasteiger partial charge in [-0.05, 0) is 79.4 Å². The topological polar surface area (TPSA) is 58.2 Å². The van der Waals surface area contributed by atoms with Crippen LogP contribution in [0.25, 0.3) is 5.57 Å². The van der Waals surface area contributed by atoms with Crippen LogP contribution in [0, 0.1) is 20.8 Å². The van der Waals surface area contributed by atoms with Crippen molar-refractivity contribution < 1.29 is 22.8 Å². The van der Waals surface area contributed by atoms with Crippen molar-refractivity contribution in [2.24, 2.45) is 0 Å². The molecule has 0 aromatic heterocycles. The molecule has 0 saturated carbocycles. The Kier molecular flexibility index (Phi) is 6.72. The van der Waals surface area contributed by atoms with Crippen LogP contribution in [-0.4, -0.2) is 18.0 Å². The number of anilines is 2. The van der Waals surface area contributed by atoms with E-state index in [2.05, 4.69) is 17.2 Å². The first-order valence-electron chi connectivity index (χ1n) is 10.1. The summed E-state index contributed by atoms with van der Waals surface area (Å²) in [5, 5.41) is 5.54. The smallest absolute Gasteiger partial charge is 0.322 e. The Labute approximate surface area is 190 Å². The van der Waals surface area contributed by atoms with Crippen molar-refractivity contribution in [3.8, 4) is 0 Å². The molecule has 0 unspecified atom stereocenters. The van der Waals surface area contributed by atoms with Gasteiger partial charge in [0.05, 0.1) is 5.57 Å². The summed E-state index contributed by atoms with van der Waals surface area (Å²) in [6.45, 7) is 8.20. The minimum absolute atomic E-state index is 0.0450. The van der Waals surface area contributed by atoms with Crippen LogP contribution in [-0.2, 0) is 0 Å². The molecule has 0 atom stereocenters. The molecule has 33 heavy (non-hydrogen) atoms. The lowest BCUT2D eigenvalue weighted by Gasteiger charge is -2.16. The number of amides is 2. The molecule has 4 nitrogen and oxygen atoms in total. The highest BCUT2D eigenvalue weighted by molar-refractivity contribution is 6.08. The standard InChI is InChI=1S/C26H23F3N2O2/c1-15-8-5-6-11-22(15)25(33)30-21-10-7-9-19(14-21)24(32)31-23-16(2)12-20(13-17(23)3)18(4)26(27,28)29/h5-14H,4H2,1-3H3,(H,30,33)(H,31,32). The zero-order chi connectivity index (χ0) is 24.3. The van der Waals surface area contributed by atoms with Crippen molar-refractivity contribution in [1.82, 2.24) is 0 Å². The van der Waals surface area contributed by atoms with Crippen molar-refractivity contribution in [3.63, 3.8) is 0 Å². The third-order valence-corrected chi connectivity index (χ3v) is 5.23. The largest absolute Gasteiger partial charge is 0.416 e. The lowest BCUT2D eigenvalue weighted by atomic mass is 9.99. The van der Waals surface area contributed by atoms with Crippen LogP contribution >= 0.6 is 0 Å². The predicted molar refractivity (Wildman–Crippen MR) is 125 cm³/mol. The number of nitrogens with one attached hydrogen (secondary N) is 2. The van der Waals surface area contributed by atoms with Gasteiger partial charge in [0, 0.05) is 22.5 Å². The molecule has 2 amide bonds. The summed E-state index contributed by atoms with van der Waals surface area (Å²) in [4.78, 5) is 25.4. The number of allylic oxidation sites excluding steroid dienone is 1. The van der Waals surface area contributed by atoms with E-state index in [0.29, 0.717) is 33.6 Å². The van der Waals surface area contributed by atoms with Crippen LogP contribution in [0.3, 0.4) is 0 Å².